The van der Waals surface area contributed by atoms with Gasteiger partial charge in [0, 0.05) is 11.6 Å². The predicted octanol–water partition coefficient (Wildman–Crippen LogP) is 0.131. The summed E-state index contributed by atoms with van der Waals surface area (Å²) < 4.78 is 36.8. The van der Waals surface area contributed by atoms with Crippen LogP contribution in [0.25, 0.3) is 11.2 Å². The maximum atomic E-state index is 14.6. The number of alkyl halides is 1. The van der Waals surface area contributed by atoms with Crippen LogP contribution in [0.5, 0.6) is 0 Å². The van der Waals surface area contributed by atoms with Crippen molar-refractivity contribution in [1.82, 2.24) is 19.5 Å². The fraction of sp³-hybridized carbons (Fsp3) is 0.545. The van der Waals surface area contributed by atoms with Crippen molar-refractivity contribution in [3.8, 4) is 0 Å². The molecule has 1 aliphatic heterocycles. The SMILES string of the molecule is CNc1ncnc2c1ncn2[C@@H]1O[C@H](CO)C(O[P+](=O)O)[C@@H]1F. The number of fused-ring (bicyclic) bond motifs is 1. The molecule has 0 aromatic carbocycles. The molecule has 0 saturated carbocycles. The molecule has 0 bridgehead atoms. The smallest absolute Gasteiger partial charge is 0.394 e. The molecule has 0 amide bonds. The summed E-state index contributed by atoms with van der Waals surface area (Å²) in [5.41, 5.74) is 0.742. The van der Waals surface area contributed by atoms with E-state index < -0.39 is 39.5 Å². The van der Waals surface area contributed by atoms with Crippen LogP contribution in [0.2, 0.25) is 0 Å². The third kappa shape index (κ3) is 2.77. The van der Waals surface area contributed by atoms with Gasteiger partial charge >= 0.3 is 8.25 Å². The monoisotopic (exact) mass is 346 g/mol. The number of hydrogen-bond donors (Lipinski definition) is 3. The van der Waals surface area contributed by atoms with Crippen molar-refractivity contribution in [2.75, 3.05) is 19.0 Å². The fourth-order valence-corrected chi connectivity index (χ4v) is 2.98. The van der Waals surface area contributed by atoms with Gasteiger partial charge in [-0.25, -0.2) is 19.3 Å². The maximum absolute atomic E-state index is 14.6. The van der Waals surface area contributed by atoms with Gasteiger partial charge in [0.1, 0.15) is 17.9 Å². The maximum Gasteiger partial charge on any atom is 0.695 e. The van der Waals surface area contributed by atoms with Gasteiger partial charge < -0.3 is 15.2 Å². The lowest BCUT2D eigenvalue weighted by Crippen LogP contribution is -2.32. The fourth-order valence-electron chi connectivity index (χ4n) is 2.52. The zero-order valence-electron chi connectivity index (χ0n) is 11.9. The number of hydrogen-bond acceptors (Lipinski definition) is 8. The highest BCUT2D eigenvalue weighted by atomic mass is 31.1. The number of aliphatic hydroxyl groups excluding tert-OH is 1. The molecule has 1 fully saturated rings. The van der Waals surface area contributed by atoms with Crippen LogP contribution in [0.4, 0.5) is 10.2 Å². The Balaban J connectivity index is 1.97. The van der Waals surface area contributed by atoms with Crippen molar-refractivity contribution in [2.45, 2.75) is 24.6 Å². The Labute approximate surface area is 130 Å². The Bertz CT molecular complexity index is 730. The summed E-state index contributed by atoms with van der Waals surface area (Å²) in [4.78, 5) is 21.0. The Morgan fingerprint density at radius 1 is 1.52 bits per heavy atom. The van der Waals surface area contributed by atoms with Crippen LogP contribution in [0.3, 0.4) is 0 Å². The van der Waals surface area contributed by atoms with Crippen LogP contribution in [-0.4, -0.2) is 61.6 Å². The van der Waals surface area contributed by atoms with Gasteiger partial charge in [-0.1, -0.05) is 0 Å². The number of aromatic nitrogens is 4. The lowest BCUT2D eigenvalue weighted by atomic mass is 10.1. The Morgan fingerprint density at radius 2 is 2.30 bits per heavy atom. The van der Waals surface area contributed by atoms with Crippen molar-refractivity contribution < 1.29 is 28.2 Å². The molecule has 23 heavy (non-hydrogen) atoms. The van der Waals surface area contributed by atoms with E-state index in [1.807, 2.05) is 0 Å². The first-order valence-corrected chi connectivity index (χ1v) is 7.78. The van der Waals surface area contributed by atoms with Crippen molar-refractivity contribution in [2.24, 2.45) is 0 Å². The van der Waals surface area contributed by atoms with E-state index in [9.17, 15) is 14.1 Å². The third-order valence-electron chi connectivity index (χ3n) is 3.53. The average molecular weight is 346 g/mol. The number of imidazole rings is 1. The minimum Gasteiger partial charge on any atom is -0.394 e. The van der Waals surface area contributed by atoms with Crippen LogP contribution in [0.15, 0.2) is 12.7 Å². The molecule has 10 nitrogen and oxygen atoms in total. The molecule has 0 aliphatic carbocycles. The Hall–Kier alpha value is -1.78. The summed E-state index contributed by atoms with van der Waals surface area (Å²) in [5.74, 6) is 0.465. The van der Waals surface area contributed by atoms with E-state index in [1.165, 1.54) is 17.2 Å². The number of nitrogens with zero attached hydrogens (tertiary/aromatic N) is 4. The number of aliphatic hydroxyl groups is 1. The molecule has 0 radical (unpaired) electrons. The number of halogens is 1. The molecule has 12 heteroatoms. The molecule has 1 saturated heterocycles. The van der Waals surface area contributed by atoms with Crippen LogP contribution < -0.4 is 5.32 Å². The van der Waals surface area contributed by atoms with E-state index in [1.54, 1.807) is 7.05 Å². The summed E-state index contributed by atoms with van der Waals surface area (Å²) in [6.45, 7) is -0.561. The second-order valence-corrected chi connectivity index (χ2v) is 5.48. The van der Waals surface area contributed by atoms with Gasteiger partial charge in [-0.05, 0) is 0 Å². The molecule has 124 valence electrons. The van der Waals surface area contributed by atoms with Crippen LogP contribution in [0.1, 0.15) is 6.23 Å². The van der Waals surface area contributed by atoms with Crippen molar-refractivity contribution in [1.29, 1.82) is 0 Å². The lowest BCUT2D eigenvalue weighted by molar-refractivity contribution is -0.0436. The zero-order chi connectivity index (χ0) is 16.6. The van der Waals surface area contributed by atoms with Gasteiger partial charge in [0.05, 0.1) is 12.9 Å². The lowest BCUT2D eigenvalue weighted by Gasteiger charge is -2.14. The number of ether oxygens (including phenoxy) is 1. The quantitative estimate of drug-likeness (QED) is 0.646. The van der Waals surface area contributed by atoms with Crippen LogP contribution in [0, 0.1) is 0 Å². The molecule has 5 atom stereocenters. The molecule has 2 unspecified atom stereocenters. The van der Waals surface area contributed by atoms with Crippen LogP contribution in [-0.2, 0) is 13.8 Å². The molecule has 3 N–H and O–H groups in total. The van der Waals surface area contributed by atoms with Gasteiger partial charge in [-0.15, -0.1) is 9.42 Å². The first kappa shape index (κ1) is 16.1. The molecule has 2 aromatic rings. The Kier molecular flexibility index (Phi) is 4.46. The minimum atomic E-state index is -3.03. The van der Waals surface area contributed by atoms with E-state index in [2.05, 4.69) is 24.8 Å². The van der Waals surface area contributed by atoms with Gasteiger partial charge in [0.2, 0.25) is 0 Å². The highest BCUT2D eigenvalue weighted by molar-refractivity contribution is 7.32. The highest BCUT2D eigenvalue weighted by Crippen LogP contribution is 2.38. The largest absolute Gasteiger partial charge is 0.695 e. The first-order valence-electron chi connectivity index (χ1n) is 6.65. The summed E-state index contributed by atoms with van der Waals surface area (Å²) in [6, 6.07) is 0. The minimum absolute atomic E-state index is 0.322. The Morgan fingerprint density at radius 3 is 2.96 bits per heavy atom. The molecule has 2 aromatic heterocycles. The topological polar surface area (TPSA) is 132 Å². The predicted molar refractivity (Wildman–Crippen MR) is 75.5 cm³/mol. The number of anilines is 1. The second kappa shape index (κ2) is 6.38. The van der Waals surface area contributed by atoms with E-state index >= 15 is 0 Å². The second-order valence-electron chi connectivity index (χ2n) is 4.80. The van der Waals surface area contributed by atoms with Gasteiger partial charge in [-0.2, -0.15) is 0 Å². The normalized spacial score (nSPS) is 28.3. The third-order valence-corrected chi connectivity index (χ3v) is 3.95. The highest BCUT2D eigenvalue weighted by Gasteiger charge is 2.51. The molecule has 3 heterocycles. The van der Waals surface area contributed by atoms with Crippen molar-refractivity contribution in [3.05, 3.63) is 12.7 Å². The number of nitrogens with one attached hydrogen (secondary N) is 1. The van der Waals surface area contributed by atoms with E-state index in [0.717, 1.165) is 0 Å². The van der Waals surface area contributed by atoms with Crippen molar-refractivity contribution in [3.63, 3.8) is 0 Å². The molecule has 0 spiro atoms. The summed E-state index contributed by atoms with van der Waals surface area (Å²) in [5, 5.41) is 12.1. The summed E-state index contributed by atoms with van der Waals surface area (Å²) in [6.07, 6.45) is -2.82. The first-order chi connectivity index (χ1) is 11.1. The van der Waals surface area contributed by atoms with Crippen molar-refractivity contribution >= 4 is 25.2 Å². The van der Waals surface area contributed by atoms with E-state index in [4.69, 9.17) is 9.63 Å². The average Bonchev–Trinajstić information content (AvgIpc) is 3.09. The van der Waals surface area contributed by atoms with Gasteiger partial charge in [0.15, 0.2) is 30.0 Å². The number of rotatable bonds is 5. The van der Waals surface area contributed by atoms with Gasteiger partial charge in [-0.3, -0.25) is 4.57 Å². The summed E-state index contributed by atoms with van der Waals surface area (Å²) >= 11 is 0. The summed E-state index contributed by atoms with van der Waals surface area (Å²) in [7, 11) is -1.37. The molecule has 1 aliphatic rings. The van der Waals surface area contributed by atoms with Gasteiger partial charge in [0.25, 0.3) is 0 Å². The zero-order valence-corrected chi connectivity index (χ0v) is 12.8. The standard InChI is InChI=1S/C11H13FN5O5P/c1-13-9-7-10(15-3-14-9)17(4-16-7)11-6(12)8(22-23(19)20)5(2-18)21-11/h3-6,8,11,18H,2H2,1H3,(H-,13,14,15,19,20)/p+1/t5-,6+,8?,11-/m1/s1. The van der Waals surface area contributed by atoms with E-state index in [-0.39, 0.29) is 0 Å². The van der Waals surface area contributed by atoms with Crippen LogP contribution >= 0.6 is 8.25 Å². The molecular formula is C11H14FN5O5P+. The van der Waals surface area contributed by atoms with E-state index in [0.29, 0.717) is 17.0 Å². The molecule has 3 rings (SSSR count). The molecular weight excluding hydrogens is 332 g/mol.